The molecular weight excluding hydrogens is 1060 g/mol. The van der Waals surface area contributed by atoms with Gasteiger partial charge in [0.15, 0.2) is 0 Å². The molecule has 6 aliphatic rings. The van der Waals surface area contributed by atoms with Gasteiger partial charge < -0.3 is 36.4 Å². The van der Waals surface area contributed by atoms with Gasteiger partial charge in [-0.3, -0.25) is 14.4 Å². The third-order valence-electron chi connectivity index (χ3n) is 17.5. The summed E-state index contributed by atoms with van der Waals surface area (Å²) in [5, 5.41) is 48.5. The molecule has 6 aromatic rings. The maximum atomic E-state index is 13.4. The van der Waals surface area contributed by atoms with E-state index in [0.29, 0.717) is 5.56 Å². The van der Waals surface area contributed by atoms with Crippen LogP contribution in [0.2, 0.25) is 0 Å². The van der Waals surface area contributed by atoms with Gasteiger partial charge in [-0.05, 0) is 196 Å². The lowest BCUT2D eigenvalue weighted by molar-refractivity contribution is -0.122. The summed E-state index contributed by atoms with van der Waals surface area (Å²) in [6.07, 6.45) is 15.6. The van der Waals surface area contributed by atoms with Gasteiger partial charge in [0.05, 0.1) is 17.1 Å². The molecule has 3 fully saturated rings. The lowest BCUT2D eigenvalue weighted by Crippen LogP contribution is -2.43. The average molecular weight is 1120 g/mol. The Kier molecular flexibility index (Phi) is 14.3. The van der Waals surface area contributed by atoms with Gasteiger partial charge in [-0.25, -0.2) is 0 Å². The Labute approximate surface area is 450 Å². The van der Waals surface area contributed by atoms with Crippen LogP contribution in [0.25, 0.3) is 0 Å². The first kappa shape index (κ1) is 51.4. The SMILES string of the molecule is Cc1c(O)ccc2c1NC(=O)C2(c1ccc(O)cc1)C1CCCCC1.Cc1ccc2c(c1Br)NC(=O)C2(c1ccc(O)cc1)C1CCCC1.Cc1ccc2c(c1Br)NC(=O)C2(c1ccc(O)cc1)C1CCCCC1. The summed E-state index contributed by atoms with van der Waals surface area (Å²) in [6.45, 7) is 5.91. The first-order valence-corrected chi connectivity index (χ1v) is 28.0. The van der Waals surface area contributed by atoms with Crippen LogP contribution in [0.1, 0.15) is 140 Å². The van der Waals surface area contributed by atoms with Crippen molar-refractivity contribution < 1.29 is 34.8 Å². The van der Waals surface area contributed by atoms with E-state index in [1.54, 1.807) is 42.5 Å². The van der Waals surface area contributed by atoms with E-state index in [4.69, 9.17) is 0 Å². The predicted octanol–water partition coefficient (Wildman–Crippen LogP) is 14.4. The average Bonchev–Trinajstić information content (AvgIpc) is 4.22. The number of aryl methyl sites for hydroxylation is 2. The Hall–Kier alpha value is -6.11. The Balaban J connectivity index is 0.000000127. The Morgan fingerprint density at radius 1 is 0.392 bits per heavy atom. The van der Waals surface area contributed by atoms with Gasteiger partial charge in [-0.15, -0.1) is 0 Å². The molecule has 3 saturated carbocycles. The summed E-state index contributed by atoms with van der Waals surface area (Å²) in [7, 11) is 0. The molecule has 7 N–H and O–H groups in total. The molecule has 12 heteroatoms. The van der Waals surface area contributed by atoms with Crippen molar-refractivity contribution in [2.24, 2.45) is 17.8 Å². The van der Waals surface area contributed by atoms with Crippen LogP contribution in [-0.2, 0) is 30.6 Å². The number of hydrogen-bond acceptors (Lipinski definition) is 7. The second kappa shape index (κ2) is 20.5. The van der Waals surface area contributed by atoms with E-state index in [1.165, 1.54) is 38.5 Å². The third-order valence-corrected chi connectivity index (χ3v) is 19.6. The zero-order valence-corrected chi connectivity index (χ0v) is 45.5. The lowest BCUT2D eigenvalue weighted by atomic mass is 9.62. The molecule has 0 saturated heterocycles. The number of carbonyl (C=O) groups excluding carboxylic acids is 3. The van der Waals surface area contributed by atoms with Gasteiger partial charge in [0, 0.05) is 14.5 Å². The normalized spacial score (nSPS) is 23.3. The zero-order chi connectivity index (χ0) is 52.1. The van der Waals surface area contributed by atoms with E-state index in [0.717, 1.165) is 122 Å². The lowest BCUT2D eigenvalue weighted by Gasteiger charge is -2.39. The number of hydrogen-bond donors (Lipinski definition) is 7. The predicted molar refractivity (Wildman–Crippen MR) is 298 cm³/mol. The van der Waals surface area contributed by atoms with Crippen molar-refractivity contribution in [2.75, 3.05) is 16.0 Å². The van der Waals surface area contributed by atoms with Gasteiger partial charge in [-0.2, -0.15) is 0 Å². The Bertz CT molecular complexity index is 2980. The molecule has 3 aliphatic heterocycles. The summed E-state index contributed by atoms with van der Waals surface area (Å²) in [4.78, 5) is 40.0. The summed E-state index contributed by atoms with van der Waals surface area (Å²) in [5.74, 6) is 1.74. The number of benzene rings is 6. The van der Waals surface area contributed by atoms with Crippen LogP contribution in [0.5, 0.6) is 23.0 Å². The highest BCUT2D eigenvalue weighted by atomic mass is 79.9. The molecule has 3 heterocycles. The largest absolute Gasteiger partial charge is 0.508 e. The maximum absolute atomic E-state index is 13.4. The highest BCUT2D eigenvalue weighted by Crippen LogP contribution is 2.57. The summed E-state index contributed by atoms with van der Waals surface area (Å²) in [6, 6.07) is 33.3. The highest BCUT2D eigenvalue weighted by molar-refractivity contribution is 9.11. The third kappa shape index (κ3) is 8.39. The van der Waals surface area contributed by atoms with E-state index in [9.17, 15) is 34.8 Å². The molecule has 74 heavy (non-hydrogen) atoms. The fraction of sp³-hybridized carbons (Fsp3) is 0.371. The quantitative estimate of drug-likeness (QED) is 0.0871. The van der Waals surface area contributed by atoms with Crippen LogP contribution in [-0.4, -0.2) is 38.1 Å². The van der Waals surface area contributed by atoms with Crippen molar-refractivity contribution in [1.29, 1.82) is 0 Å². The number of aromatic hydroxyl groups is 4. The first-order chi connectivity index (χ1) is 35.6. The molecule has 12 rings (SSSR count). The van der Waals surface area contributed by atoms with Crippen molar-refractivity contribution in [3.05, 3.63) is 168 Å². The van der Waals surface area contributed by atoms with Crippen molar-refractivity contribution in [3.8, 4) is 23.0 Å². The monoisotopic (exact) mass is 1120 g/mol. The zero-order valence-electron chi connectivity index (χ0n) is 42.3. The summed E-state index contributed by atoms with van der Waals surface area (Å²) < 4.78 is 1.93. The number of fused-ring (bicyclic) bond motifs is 3. The Morgan fingerprint density at radius 2 is 0.676 bits per heavy atom. The van der Waals surface area contributed by atoms with Gasteiger partial charge in [0.1, 0.15) is 39.2 Å². The van der Waals surface area contributed by atoms with Crippen LogP contribution in [0.3, 0.4) is 0 Å². The smallest absolute Gasteiger partial charge is 0.239 e. The molecule has 10 nitrogen and oxygen atoms in total. The molecule has 0 spiro atoms. The minimum atomic E-state index is -0.748. The minimum absolute atomic E-state index is 0.0196. The van der Waals surface area contributed by atoms with Crippen molar-refractivity contribution in [2.45, 2.75) is 127 Å². The minimum Gasteiger partial charge on any atom is -0.508 e. The van der Waals surface area contributed by atoms with Gasteiger partial charge in [-0.1, -0.05) is 118 Å². The van der Waals surface area contributed by atoms with Crippen molar-refractivity contribution in [1.82, 2.24) is 0 Å². The second-order valence-electron chi connectivity index (χ2n) is 21.4. The second-order valence-corrected chi connectivity index (χ2v) is 23.0. The molecular formula is C62H65Br2N3O7. The van der Waals surface area contributed by atoms with E-state index < -0.39 is 16.2 Å². The molecule has 0 radical (unpaired) electrons. The van der Waals surface area contributed by atoms with Crippen molar-refractivity contribution in [3.63, 3.8) is 0 Å². The van der Waals surface area contributed by atoms with Gasteiger partial charge in [0.2, 0.25) is 17.7 Å². The number of rotatable bonds is 6. The first-order valence-electron chi connectivity index (χ1n) is 26.4. The van der Waals surface area contributed by atoms with Crippen LogP contribution in [0.15, 0.2) is 118 Å². The van der Waals surface area contributed by atoms with Gasteiger partial charge in [0.25, 0.3) is 0 Å². The van der Waals surface area contributed by atoms with Crippen LogP contribution >= 0.6 is 31.9 Å². The number of anilines is 3. The van der Waals surface area contributed by atoms with Crippen LogP contribution in [0, 0.1) is 38.5 Å². The number of halogens is 2. The fourth-order valence-corrected chi connectivity index (χ4v) is 14.7. The van der Waals surface area contributed by atoms with E-state index in [-0.39, 0.29) is 58.5 Å². The standard InChI is InChI=1S/C21H22BrNO2.C21H23NO3.C20H20BrNO2/c1-13-7-12-17-19(18(13)22)23-20(25)21(17,14-5-3-2-4-6-14)15-8-10-16(24)11-9-15;1-13-18(24)12-11-17-19(13)22-20(25)21(17,14-5-3-2-4-6-14)15-7-9-16(23)10-8-15;1-12-6-11-16-18(17(12)21)22-19(24)20(16,13-4-2-3-5-13)14-7-9-15(23)10-8-14/h7-12,14,24H,2-6H2,1H3,(H,23,25);7-12,14,23-24H,2-6H2,1H3,(H,22,25);6-11,13,23H,2-5H2,1H3,(H,22,24). The van der Waals surface area contributed by atoms with Crippen LogP contribution in [0.4, 0.5) is 17.1 Å². The van der Waals surface area contributed by atoms with Gasteiger partial charge >= 0.3 is 0 Å². The molecule has 0 aromatic heterocycles. The molecule has 0 bridgehead atoms. The van der Waals surface area contributed by atoms with E-state index in [1.807, 2.05) is 63.2 Å². The molecule has 3 atom stereocenters. The topological polar surface area (TPSA) is 168 Å². The molecule has 3 aliphatic carbocycles. The highest BCUT2D eigenvalue weighted by Gasteiger charge is 2.57. The number of phenols is 4. The van der Waals surface area contributed by atoms with E-state index in [2.05, 4.69) is 72.1 Å². The number of nitrogens with one attached hydrogen (secondary N) is 3. The molecule has 3 unspecified atom stereocenters. The van der Waals surface area contributed by atoms with Crippen molar-refractivity contribution >= 4 is 66.6 Å². The number of phenolic OH excluding ortho intramolecular Hbond substituents is 4. The number of carbonyl (C=O) groups is 3. The van der Waals surface area contributed by atoms with Crippen LogP contribution < -0.4 is 16.0 Å². The molecule has 3 amide bonds. The summed E-state index contributed by atoms with van der Waals surface area (Å²) in [5.41, 5.74) is 9.35. The Morgan fingerprint density at radius 3 is 1.01 bits per heavy atom. The molecule has 384 valence electrons. The number of amides is 3. The maximum Gasteiger partial charge on any atom is 0.239 e. The fourth-order valence-electron chi connectivity index (χ4n) is 13.8. The van der Waals surface area contributed by atoms with E-state index >= 15 is 0 Å². The summed E-state index contributed by atoms with van der Waals surface area (Å²) >= 11 is 7.31. The molecule has 6 aromatic carbocycles.